The Morgan fingerprint density at radius 1 is 1.26 bits per heavy atom. The first-order valence-corrected chi connectivity index (χ1v) is 7.27. The number of hydrogen-bond donors (Lipinski definition) is 2. The lowest BCUT2D eigenvalue weighted by Gasteiger charge is -2.05. The first-order chi connectivity index (χ1) is 11.0. The van der Waals surface area contributed by atoms with Crippen molar-refractivity contribution in [2.45, 2.75) is 13.5 Å². The summed E-state index contributed by atoms with van der Waals surface area (Å²) in [6, 6.07) is 11.0. The van der Waals surface area contributed by atoms with Crippen molar-refractivity contribution < 1.29 is 13.7 Å². The molecule has 6 nitrogen and oxygen atoms in total. The maximum Gasteiger partial charge on any atom is 0.259 e. The molecule has 118 valence electrons. The van der Waals surface area contributed by atoms with Gasteiger partial charge in [0.2, 0.25) is 5.88 Å². The standard InChI is InChI=1S/C16H14ClN3O3/c1-9-2-4-10(5-3-9)8-19-16(21)13-14(20-23-15(13)18)11-6-7-12(17)22-11/h2-7H,8,18H2,1H3,(H,19,21). The molecule has 0 unspecified atom stereocenters. The van der Waals surface area contributed by atoms with Gasteiger partial charge >= 0.3 is 0 Å². The van der Waals surface area contributed by atoms with E-state index in [-0.39, 0.29) is 22.4 Å². The van der Waals surface area contributed by atoms with Crippen molar-refractivity contribution in [2.24, 2.45) is 0 Å². The number of nitrogen functional groups attached to an aromatic ring is 1. The number of halogens is 1. The number of hydrogen-bond acceptors (Lipinski definition) is 5. The normalized spacial score (nSPS) is 10.7. The highest BCUT2D eigenvalue weighted by Gasteiger charge is 2.24. The maximum absolute atomic E-state index is 12.4. The average molecular weight is 332 g/mol. The van der Waals surface area contributed by atoms with Gasteiger partial charge in [0.15, 0.2) is 16.7 Å². The second-order valence-electron chi connectivity index (χ2n) is 5.04. The van der Waals surface area contributed by atoms with E-state index < -0.39 is 5.91 Å². The summed E-state index contributed by atoms with van der Waals surface area (Å²) in [5, 5.41) is 6.75. The summed E-state index contributed by atoms with van der Waals surface area (Å²) in [6.45, 7) is 2.36. The molecule has 0 saturated heterocycles. The summed E-state index contributed by atoms with van der Waals surface area (Å²) < 4.78 is 10.2. The molecule has 23 heavy (non-hydrogen) atoms. The van der Waals surface area contributed by atoms with Crippen LogP contribution in [0.25, 0.3) is 11.5 Å². The topological polar surface area (TPSA) is 94.3 Å². The van der Waals surface area contributed by atoms with Crippen LogP contribution in [0, 0.1) is 6.92 Å². The monoisotopic (exact) mass is 331 g/mol. The van der Waals surface area contributed by atoms with E-state index in [1.807, 2.05) is 31.2 Å². The van der Waals surface area contributed by atoms with E-state index in [2.05, 4.69) is 10.5 Å². The zero-order valence-corrected chi connectivity index (χ0v) is 13.1. The van der Waals surface area contributed by atoms with Crippen molar-refractivity contribution in [3.8, 4) is 11.5 Å². The molecule has 7 heteroatoms. The summed E-state index contributed by atoms with van der Waals surface area (Å²) in [5.41, 5.74) is 8.18. The fourth-order valence-corrected chi connectivity index (χ4v) is 2.25. The second kappa shape index (κ2) is 6.18. The Bertz CT molecular complexity index is 837. The van der Waals surface area contributed by atoms with E-state index >= 15 is 0 Å². The van der Waals surface area contributed by atoms with Gasteiger partial charge in [0, 0.05) is 6.54 Å². The molecule has 0 saturated carbocycles. The van der Waals surface area contributed by atoms with E-state index in [0.717, 1.165) is 11.1 Å². The average Bonchev–Trinajstić information content (AvgIpc) is 3.12. The van der Waals surface area contributed by atoms with E-state index in [1.165, 1.54) is 0 Å². The van der Waals surface area contributed by atoms with Crippen LogP contribution in [0.1, 0.15) is 21.5 Å². The number of furan rings is 1. The highest BCUT2D eigenvalue weighted by molar-refractivity contribution is 6.29. The van der Waals surface area contributed by atoms with Crippen LogP contribution in [0.5, 0.6) is 0 Å². The molecule has 3 aromatic rings. The largest absolute Gasteiger partial charge is 0.443 e. The van der Waals surface area contributed by atoms with Gasteiger partial charge < -0.3 is 20.0 Å². The lowest BCUT2D eigenvalue weighted by molar-refractivity contribution is 0.0952. The number of benzene rings is 1. The molecule has 0 fully saturated rings. The van der Waals surface area contributed by atoms with Crippen LogP contribution in [0.3, 0.4) is 0 Å². The number of aromatic nitrogens is 1. The first kappa shape index (κ1) is 15.2. The molecule has 0 atom stereocenters. The number of amides is 1. The van der Waals surface area contributed by atoms with Crippen molar-refractivity contribution in [3.63, 3.8) is 0 Å². The lowest BCUT2D eigenvalue weighted by atomic mass is 10.1. The number of anilines is 1. The number of nitrogens with zero attached hydrogens (tertiary/aromatic N) is 1. The number of carbonyl (C=O) groups is 1. The van der Waals surface area contributed by atoms with Crippen molar-refractivity contribution in [3.05, 3.63) is 58.3 Å². The number of nitrogens with one attached hydrogen (secondary N) is 1. The highest BCUT2D eigenvalue weighted by atomic mass is 35.5. The number of carbonyl (C=O) groups excluding carboxylic acids is 1. The molecule has 0 aliphatic rings. The summed E-state index contributed by atoms with van der Waals surface area (Å²) >= 11 is 5.75. The van der Waals surface area contributed by atoms with Crippen molar-refractivity contribution in [1.29, 1.82) is 0 Å². The Kier molecular flexibility index (Phi) is 4.08. The first-order valence-electron chi connectivity index (χ1n) is 6.89. The Morgan fingerprint density at radius 2 is 2.00 bits per heavy atom. The van der Waals surface area contributed by atoms with Gasteiger partial charge in [-0.1, -0.05) is 35.0 Å². The van der Waals surface area contributed by atoms with Gasteiger partial charge in [-0.25, -0.2) is 0 Å². The van der Waals surface area contributed by atoms with Crippen LogP contribution in [-0.2, 0) is 6.54 Å². The quantitative estimate of drug-likeness (QED) is 0.764. The van der Waals surface area contributed by atoms with Crippen LogP contribution < -0.4 is 11.1 Å². The van der Waals surface area contributed by atoms with Crippen LogP contribution in [0.4, 0.5) is 5.88 Å². The molecule has 0 aliphatic carbocycles. The van der Waals surface area contributed by atoms with Crippen molar-refractivity contribution >= 4 is 23.4 Å². The van der Waals surface area contributed by atoms with E-state index in [4.69, 9.17) is 26.3 Å². The summed E-state index contributed by atoms with van der Waals surface area (Å²) in [6.07, 6.45) is 0. The second-order valence-corrected chi connectivity index (χ2v) is 5.41. The minimum absolute atomic E-state index is 0.0751. The number of rotatable bonds is 4. The SMILES string of the molecule is Cc1ccc(CNC(=O)c2c(-c3ccc(Cl)o3)noc2N)cc1. The van der Waals surface area contributed by atoms with Crippen LogP contribution in [0.15, 0.2) is 45.3 Å². The third-order valence-electron chi connectivity index (χ3n) is 3.33. The van der Waals surface area contributed by atoms with Gasteiger partial charge in [-0.2, -0.15) is 0 Å². The van der Waals surface area contributed by atoms with E-state index in [0.29, 0.717) is 12.3 Å². The third kappa shape index (κ3) is 3.22. The van der Waals surface area contributed by atoms with Gasteiger partial charge in [0.05, 0.1) is 0 Å². The Labute approximate surface area is 137 Å². The summed E-state index contributed by atoms with van der Waals surface area (Å²) in [7, 11) is 0. The van der Waals surface area contributed by atoms with Crippen molar-refractivity contribution in [2.75, 3.05) is 5.73 Å². The molecule has 0 aliphatic heterocycles. The zero-order chi connectivity index (χ0) is 16.4. The number of aryl methyl sites for hydroxylation is 1. The zero-order valence-electron chi connectivity index (χ0n) is 12.3. The maximum atomic E-state index is 12.4. The fourth-order valence-electron chi connectivity index (χ4n) is 2.11. The van der Waals surface area contributed by atoms with E-state index in [1.54, 1.807) is 12.1 Å². The van der Waals surface area contributed by atoms with E-state index in [9.17, 15) is 4.79 Å². The predicted molar refractivity (Wildman–Crippen MR) is 86.0 cm³/mol. The third-order valence-corrected chi connectivity index (χ3v) is 3.53. The molecule has 1 aromatic carbocycles. The Balaban J connectivity index is 1.79. The summed E-state index contributed by atoms with van der Waals surface area (Å²) in [5.74, 6) is -0.156. The molecule has 1 amide bonds. The molecule has 0 bridgehead atoms. The predicted octanol–water partition coefficient (Wildman–Crippen LogP) is 3.41. The minimum Gasteiger partial charge on any atom is -0.443 e. The Morgan fingerprint density at radius 3 is 2.65 bits per heavy atom. The molecule has 0 radical (unpaired) electrons. The Hall–Kier alpha value is -2.73. The highest BCUT2D eigenvalue weighted by Crippen LogP contribution is 2.29. The van der Waals surface area contributed by atoms with Gasteiger partial charge in [-0.05, 0) is 36.2 Å². The van der Waals surface area contributed by atoms with Crippen LogP contribution >= 0.6 is 11.6 Å². The molecule has 2 aromatic heterocycles. The lowest BCUT2D eigenvalue weighted by Crippen LogP contribution is -2.23. The van der Waals surface area contributed by atoms with Gasteiger partial charge in [-0.3, -0.25) is 4.79 Å². The molecule has 3 rings (SSSR count). The van der Waals surface area contributed by atoms with Gasteiger partial charge in [0.25, 0.3) is 5.91 Å². The minimum atomic E-state index is -0.396. The molecule has 0 spiro atoms. The van der Waals surface area contributed by atoms with Gasteiger partial charge in [-0.15, -0.1) is 0 Å². The smallest absolute Gasteiger partial charge is 0.259 e. The molecule has 3 N–H and O–H groups in total. The molecular formula is C16H14ClN3O3. The van der Waals surface area contributed by atoms with Crippen LogP contribution in [-0.4, -0.2) is 11.1 Å². The van der Waals surface area contributed by atoms with Crippen LogP contribution in [0.2, 0.25) is 5.22 Å². The molecular weight excluding hydrogens is 318 g/mol. The fraction of sp³-hybridized carbons (Fsp3) is 0.125. The van der Waals surface area contributed by atoms with Crippen molar-refractivity contribution in [1.82, 2.24) is 10.5 Å². The summed E-state index contributed by atoms with van der Waals surface area (Å²) in [4.78, 5) is 12.4. The molecule has 2 heterocycles. The van der Waals surface area contributed by atoms with Gasteiger partial charge in [0.1, 0.15) is 5.56 Å². The number of nitrogens with two attached hydrogens (primary N) is 1.